The predicted octanol–water partition coefficient (Wildman–Crippen LogP) is 5.25. The Morgan fingerprint density at radius 3 is 2.43 bits per heavy atom. The van der Waals surface area contributed by atoms with E-state index in [1.54, 1.807) is 0 Å². The van der Waals surface area contributed by atoms with Gasteiger partial charge in [0.1, 0.15) is 0 Å². The van der Waals surface area contributed by atoms with E-state index in [9.17, 15) is 4.79 Å². The Bertz CT molecular complexity index is 684. The van der Waals surface area contributed by atoms with Crippen LogP contribution < -0.4 is 15.5 Å². The van der Waals surface area contributed by atoms with Gasteiger partial charge in [-0.1, -0.05) is 22.0 Å². The van der Waals surface area contributed by atoms with E-state index in [0.29, 0.717) is 0 Å². The fourth-order valence-electron chi connectivity index (χ4n) is 2.42. The second-order valence-corrected chi connectivity index (χ2v) is 6.18. The molecule has 0 aliphatic carbocycles. The van der Waals surface area contributed by atoms with Crippen LogP contribution in [0.3, 0.4) is 0 Å². The fourth-order valence-corrected chi connectivity index (χ4v) is 2.82. The first-order chi connectivity index (χ1) is 11.0. The molecule has 2 aromatic rings. The van der Waals surface area contributed by atoms with Gasteiger partial charge in [0, 0.05) is 34.6 Å². The average Bonchev–Trinajstić information content (AvgIpc) is 2.51. The number of aryl methyl sites for hydroxylation is 1. The quantitative estimate of drug-likeness (QED) is 0.749. The van der Waals surface area contributed by atoms with Gasteiger partial charge in [0.05, 0.1) is 0 Å². The van der Waals surface area contributed by atoms with E-state index in [4.69, 9.17) is 0 Å². The Kier molecular flexibility index (Phi) is 6.04. The molecule has 2 amide bonds. The van der Waals surface area contributed by atoms with Gasteiger partial charge in [-0.2, -0.15) is 0 Å². The lowest BCUT2D eigenvalue weighted by Crippen LogP contribution is -2.22. The number of carbonyl (C=O) groups is 1. The molecule has 0 atom stereocenters. The first-order valence-corrected chi connectivity index (χ1v) is 8.52. The van der Waals surface area contributed by atoms with E-state index in [0.717, 1.165) is 34.5 Å². The van der Waals surface area contributed by atoms with Crippen LogP contribution in [0.4, 0.5) is 21.9 Å². The van der Waals surface area contributed by atoms with Crippen molar-refractivity contribution in [2.45, 2.75) is 20.8 Å². The summed E-state index contributed by atoms with van der Waals surface area (Å²) in [6.07, 6.45) is 0. The van der Waals surface area contributed by atoms with E-state index in [1.165, 1.54) is 5.69 Å². The molecule has 2 N–H and O–H groups in total. The van der Waals surface area contributed by atoms with Crippen LogP contribution >= 0.6 is 15.9 Å². The maximum atomic E-state index is 12.1. The standard InChI is InChI=1S/C18H22BrN3O/c1-4-22(5-2)16-9-10-17(13(3)11-16)21-18(23)20-15-8-6-7-14(19)12-15/h6-12H,4-5H2,1-3H3,(H2,20,21,23). The molecular weight excluding hydrogens is 354 g/mol. The monoisotopic (exact) mass is 375 g/mol. The van der Waals surface area contributed by atoms with Crippen LogP contribution in [-0.2, 0) is 0 Å². The highest BCUT2D eigenvalue weighted by Gasteiger charge is 2.08. The summed E-state index contributed by atoms with van der Waals surface area (Å²) in [5.74, 6) is 0. The third-order valence-corrected chi connectivity index (χ3v) is 4.16. The number of benzene rings is 2. The largest absolute Gasteiger partial charge is 0.372 e. The molecule has 4 nitrogen and oxygen atoms in total. The van der Waals surface area contributed by atoms with Gasteiger partial charge in [-0.15, -0.1) is 0 Å². The topological polar surface area (TPSA) is 44.4 Å². The molecule has 2 aromatic carbocycles. The molecule has 0 fully saturated rings. The number of nitrogens with one attached hydrogen (secondary N) is 2. The lowest BCUT2D eigenvalue weighted by molar-refractivity contribution is 0.262. The maximum Gasteiger partial charge on any atom is 0.323 e. The Morgan fingerprint density at radius 2 is 1.83 bits per heavy atom. The van der Waals surface area contributed by atoms with Crippen molar-refractivity contribution >= 4 is 39.0 Å². The number of urea groups is 1. The first kappa shape index (κ1) is 17.3. The Hall–Kier alpha value is -2.01. The number of rotatable bonds is 5. The number of anilines is 3. The van der Waals surface area contributed by atoms with Gasteiger partial charge >= 0.3 is 6.03 Å². The van der Waals surface area contributed by atoms with Gasteiger partial charge in [-0.3, -0.25) is 0 Å². The maximum absolute atomic E-state index is 12.1. The number of amides is 2. The van der Waals surface area contributed by atoms with Crippen LogP contribution in [-0.4, -0.2) is 19.1 Å². The van der Waals surface area contributed by atoms with Gasteiger partial charge in [0.2, 0.25) is 0 Å². The second kappa shape index (κ2) is 8.02. The zero-order valence-electron chi connectivity index (χ0n) is 13.7. The van der Waals surface area contributed by atoms with E-state index in [1.807, 2.05) is 43.3 Å². The summed E-state index contributed by atoms with van der Waals surface area (Å²) in [6, 6.07) is 13.3. The highest BCUT2D eigenvalue weighted by molar-refractivity contribution is 9.10. The Morgan fingerprint density at radius 1 is 1.09 bits per heavy atom. The van der Waals surface area contributed by atoms with E-state index >= 15 is 0 Å². The van der Waals surface area contributed by atoms with Crippen LogP contribution in [0, 0.1) is 6.92 Å². The van der Waals surface area contributed by atoms with E-state index < -0.39 is 0 Å². The van der Waals surface area contributed by atoms with Crippen molar-refractivity contribution in [1.29, 1.82) is 0 Å². The summed E-state index contributed by atoms with van der Waals surface area (Å²) in [7, 11) is 0. The zero-order chi connectivity index (χ0) is 16.8. The van der Waals surface area contributed by atoms with Gasteiger partial charge in [0.15, 0.2) is 0 Å². The molecule has 0 heterocycles. The summed E-state index contributed by atoms with van der Waals surface area (Å²) < 4.78 is 0.926. The molecule has 0 radical (unpaired) electrons. The summed E-state index contributed by atoms with van der Waals surface area (Å²) in [6.45, 7) is 8.20. The molecule has 0 aromatic heterocycles. The van der Waals surface area contributed by atoms with Crippen molar-refractivity contribution in [3.8, 4) is 0 Å². The van der Waals surface area contributed by atoms with Gasteiger partial charge < -0.3 is 15.5 Å². The van der Waals surface area contributed by atoms with Crippen LogP contribution in [0.1, 0.15) is 19.4 Å². The zero-order valence-corrected chi connectivity index (χ0v) is 15.3. The fraction of sp³-hybridized carbons (Fsp3) is 0.278. The second-order valence-electron chi connectivity index (χ2n) is 5.26. The minimum atomic E-state index is -0.248. The molecule has 0 saturated heterocycles. The summed E-state index contributed by atoms with van der Waals surface area (Å²) >= 11 is 3.39. The molecule has 0 spiro atoms. The van der Waals surface area contributed by atoms with Crippen molar-refractivity contribution in [1.82, 2.24) is 0 Å². The highest BCUT2D eigenvalue weighted by atomic mass is 79.9. The molecule has 2 rings (SSSR count). The summed E-state index contributed by atoms with van der Waals surface area (Å²) in [5.41, 5.74) is 3.77. The van der Waals surface area contributed by atoms with Crippen LogP contribution in [0.15, 0.2) is 46.9 Å². The van der Waals surface area contributed by atoms with Crippen molar-refractivity contribution < 1.29 is 4.79 Å². The average molecular weight is 376 g/mol. The van der Waals surface area contributed by atoms with Gasteiger partial charge in [-0.05, 0) is 62.7 Å². The minimum absolute atomic E-state index is 0.248. The van der Waals surface area contributed by atoms with Crippen molar-refractivity contribution in [3.05, 3.63) is 52.5 Å². The molecule has 0 aliphatic heterocycles. The molecule has 0 bridgehead atoms. The molecular formula is C18H22BrN3O. The number of carbonyl (C=O) groups excluding carboxylic acids is 1. The van der Waals surface area contributed by atoms with Crippen LogP contribution in [0.2, 0.25) is 0 Å². The molecule has 0 aliphatic rings. The lowest BCUT2D eigenvalue weighted by atomic mass is 10.1. The minimum Gasteiger partial charge on any atom is -0.372 e. The third kappa shape index (κ3) is 4.73. The summed E-state index contributed by atoms with van der Waals surface area (Å²) in [4.78, 5) is 14.4. The number of nitrogens with zero attached hydrogens (tertiary/aromatic N) is 1. The molecule has 122 valence electrons. The normalized spacial score (nSPS) is 10.3. The van der Waals surface area contributed by atoms with Crippen molar-refractivity contribution in [2.24, 2.45) is 0 Å². The van der Waals surface area contributed by atoms with Crippen molar-refractivity contribution in [2.75, 3.05) is 28.6 Å². The van der Waals surface area contributed by atoms with E-state index in [2.05, 4.69) is 51.4 Å². The Labute approximate surface area is 146 Å². The molecule has 0 unspecified atom stereocenters. The molecule has 23 heavy (non-hydrogen) atoms. The number of hydrogen-bond acceptors (Lipinski definition) is 2. The van der Waals surface area contributed by atoms with Gasteiger partial charge in [-0.25, -0.2) is 4.79 Å². The van der Waals surface area contributed by atoms with Crippen LogP contribution in [0.5, 0.6) is 0 Å². The van der Waals surface area contributed by atoms with E-state index in [-0.39, 0.29) is 6.03 Å². The first-order valence-electron chi connectivity index (χ1n) is 7.72. The lowest BCUT2D eigenvalue weighted by Gasteiger charge is -2.22. The highest BCUT2D eigenvalue weighted by Crippen LogP contribution is 2.23. The van der Waals surface area contributed by atoms with Crippen molar-refractivity contribution in [3.63, 3.8) is 0 Å². The van der Waals surface area contributed by atoms with Crippen LogP contribution in [0.25, 0.3) is 0 Å². The number of halogens is 1. The SMILES string of the molecule is CCN(CC)c1ccc(NC(=O)Nc2cccc(Br)c2)c(C)c1. The van der Waals surface area contributed by atoms with Gasteiger partial charge in [0.25, 0.3) is 0 Å². The smallest absolute Gasteiger partial charge is 0.323 e. The molecule has 5 heteroatoms. The third-order valence-electron chi connectivity index (χ3n) is 3.67. The number of hydrogen-bond donors (Lipinski definition) is 2. The molecule has 0 saturated carbocycles. The predicted molar refractivity (Wildman–Crippen MR) is 102 cm³/mol. The Balaban J connectivity index is 2.06. The summed E-state index contributed by atoms with van der Waals surface area (Å²) in [5, 5.41) is 5.72.